The summed E-state index contributed by atoms with van der Waals surface area (Å²) < 4.78 is 29.2. The Morgan fingerprint density at radius 1 is 1.14 bits per heavy atom. The van der Waals surface area contributed by atoms with Crippen molar-refractivity contribution >= 4 is 27.1 Å². The summed E-state index contributed by atoms with van der Waals surface area (Å²) >= 11 is 1.44. The van der Waals surface area contributed by atoms with Crippen LogP contribution in [0.5, 0.6) is 5.75 Å². The number of sulfone groups is 1. The number of rotatable bonds is 5. The van der Waals surface area contributed by atoms with Crippen LogP contribution >= 0.6 is 11.3 Å². The second-order valence-corrected chi connectivity index (χ2v) is 10.1. The largest absolute Gasteiger partial charge is 0.488 e. The number of nitrogens with one attached hydrogen (secondary N) is 1. The number of fused-ring (bicyclic) bond motifs is 1. The van der Waals surface area contributed by atoms with Crippen molar-refractivity contribution < 1.29 is 17.9 Å². The summed E-state index contributed by atoms with van der Waals surface area (Å²) in [5, 5.41) is 4.87. The number of carbonyl (C=O) groups is 1. The number of thiophene rings is 1. The van der Waals surface area contributed by atoms with Crippen LogP contribution in [0.3, 0.4) is 0 Å². The molecule has 0 saturated carbocycles. The molecule has 0 saturated heterocycles. The van der Waals surface area contributed by atoms with E-state index in [4.69, 9.17) is 4.74 Å². The number of hydrogen-bond acceptors (Lipinski definition) is 5. The molecular formula is C22H21NO4S2. The molecule has 2 aromatic carbocycles. The van der Waals surface area contributed by atoms with Gasteiger partial charge in [0.2, 0.25) is 0 Å². The summed E-state index contributed by atoms with van der Waals surface area (Å²) in [4.78, 5) is 13.3. The van der Waals surface area contributed by atoms with Gasteiger partial charge in [0.1, 0.15) is 11.9 Å². The molecule has 0 fully saturated rings. The summed E-state index contributed by atoms with van der Waals surface area (Å²) in [5.74, 6) is 0.761. The van der Waals surface area contributed by atoms with Crippen LogP contribution < -0.4 is 10.1 Å². The molecule has 150 valence electrons. The second-order valence-electron chi connectivity index (χ2n) is 7.21. The van der Waals surface area contributed by atoms with Crippen LogP contribution in [-0.2, 0) is 16.3 Å². The Bertz CT molecular complexity index is 1160. The fourth-order valence-electron chi connectivity index (χ4n) is 3.40. The van der Waals surface area contributed by atoms with Crippen LogP contribution in [0, 0.1) is 6.92 Å². The summed E-state index contributed by atoms with van der Waals surface area (Å²) in [6.45, 7) is 2.38. The predicted octanol–water partition coefficient (Wildman–Crippen LogP) is 3.86. The highest BCUT2D eigenvalue weighted by Crippen LogP contribution is 2.33. The fraction of sp³-hybridized carbons (Fsp3) is 0.227. The van der Waals surface area contributed by atoms with Gasteiger partial charge in [0.15, 0.2) is 9.84 Å². The molecule has 1 amide bonds. The Balaban J connectivity index is 1.43. The average Bonchev–Trinajstić information content (AvgIpc) is 3.30. The lowest BCUT2D eigenvalue weighted by Gasteiger charge is -2.11. The molecule has 2 heterocycles. The van der Waals surface area contributed by atoms with Gasteiger partial charge in [-0.15, -0.1) is 11.3 Å². The maximum atomic E-state index is 12.3. The van der Waals surface area contributed by atoms with Gasteiger partial charge in [-0.25, -0.2) is 8.42 Å². The predicted molar refractivity (Wildman–Crippen MR) is 114 cm³/mol. The number of ether oxygens (including phenoxy) is 1. The maximum absolute atomic E-state index is 12.3. The molecule has 1 aromatic heterocycles. The number of carbonyl (C=O) groups excluding carboxylic acids is 1. The first-order valence-electron chi connectivity index (χ1n) is 9.23. The van der Waals surface area contributed by atoms with Crippen molar-refractivity contribution in [2.75, 3.05) is 12.8 Å². The van der Waals surface area contributed by atoms with E-state index in [-0.39, 0.29) is 12.0 Å². The van der Waals surface area contributed by atoms with Gasteiger partial charge in [-0.2, -0.15) is 0 Å². The summed E-state index contributed by atoms with van der Waals surface area (Å²) in [6, 6.07) is 14.8. The van der Waals surface area contributed by atoms with Crippen molar-refractivity contribution in [1.82, 2.24) is 5.32 Å². The van der Waals surface area contributed by atoms with E-state index >= 15 is 0 Å². The minimum Gasteiger partial charge on any atom is -0.488 e. The van der Waals surface area contributed by atoms with Crippen LogP contribution in [0.2, 0.25) is 0 Å². The Morgan fingerprint density at radius 2 is 1.86 bits per heavy atom. The summed E-state index contributed by atoms with van der Waals surface area (Å²) in [7, 11) is -3.20. The molecule has 4 rings (SSSR count). The van der Waals surface area contributed by atoms with E-state index < -0.39 is 9.84 Å². The van der Waals surface area contributed by atoms with Crippen molar-refractivity contribution in [2.24, 2.45) is 0 Å². The molecule has 0 bridgehead atoms. The molecule has 0 spiro atoms. The fourth-order valence-corrected chi connectivity index (χ4v) is 4.87. The highest BCUT2D eigenvalue weighted by atomic mass is 32.2. The van der Waals surface area contributed by atoms with Gasteiger partial charge in [0.05, 0.1) is 16.3 Å². The normalized spacial score (nSPS) is 15.6. The SMILES string of the molecule is Cc1ccsc1C(=O)NCC1Cc2cc(-c3ccc(S(C)(=O)=O)cc3)ccc2O1. The zero-order valence-electron chi connectivity index (χ0n) is 16.1. The maximum Gasteiger partial charge on any atom is 0.261 e. The third kappa shape index (κ3) is 4.21. The Kier molecular flexibility index (Phi) is 5.19. The van der Waals surface area contributed by atoms with Gasteiger partial charge in [-0.3, -0.25) is 4.79 Å². The van der Waals surface area contributed by atoms with E-state index in [0.717, 1.165) is 32.9 Å². The molecule has 1 atom stereocenters. The molecule has 0 aliphatic carbocycles. The lowest BCUT2D eigenvalue weighted by Crippen LogP contribution is -2.34. The van der Waals surface area contributed by atoms with E-state index in [9.17, 15) is 13.2 Å². The Morgan fingerprint density at radius 3 is 2.52 bits per heavy atom. The van der Waals surface area contributed by atoms with Crippen molar-refractivity contribution in [3.05, 3.63) is 69.9 Å². The van der Waals surface area contributed by atoms with E-state index in [2.05, 4.69) is 11.4 Å². The molecule has 0 radical (unpaired) electrons. The zero-order chi connectivity index (χ0) is 20.6. The monoisotopic (exact) mass is 427 g/mol. The quantitative estimate of drug-likeness (QED) is 0.671. The van der Waals surface area contributed by atoms with Crippen LogP contribution in [0.1, 0.15) is 20.8 Å². The van der Waals surface area contributed by atoms with Gasteiger partial charge >= 0.3 is 0 Å². The standard InChI is InChI=1S/C22H21NO4S2/c1-14-9-10-28-21(14)22(24)23-13-18-12-17-11-16(5-8-20(17)27-18)15-3-6-19(7-4-15)29(2,25)26/h3-11,18H,12-13H2,1-2H3,(H,23,24). The molecule has 1 aliphatic rings. The van der Waals surface area contributed by atoms with E-state index in [1.165, 1.54) is 17.6 Å². The highest BCUT2D eigenvalue weighted by molar-refractivity contribution is 7.90. The van der Waals surface area contributed by atoms with Crippen molar-refractivity contribution in [2.45, 2.75) is 24.3 Å². The van der Waals surface area contributed by atoms with Crippen molar-refractivity contribution in [1.29, 1.82) is 0 Å². The van der Waals surface area contributed by atoms with Gasteiger partial charge in [-0.05, 0) is 64.9 Å². The van der Waals surface area contributed by atoms with E-state index in [1.54, 1.807) is 12.1 Å². The molecule has 7 heteroatoms. The summed E-state index contributed by atoms with van der Waals surface area (Å²) in [6.07, 6.45) is 1.82. The third-order valence-corrected chi connectivity index (χ3v) is 7.12. The van der Waals surface area contributed by atoms with Crippen LogP contribution in [0.15, 0.2) is 58.8 Å². The first-order valence-corrected chi connectivity index (χ1v) is 12.0. The molecule has 1 unspecified atom stereocenters. The van der Waals surface area contributed by atoms with Gasteiger partial charge in [0.25, 0.3) is 5.91 Å². The first kappa shape index (κ1) is 19.7. The molecule has 29 heavy (non-hydrogen) atoms. The number of hydrogen-bond donors (Lipinski definition) is 1. The van der Waals surface area contributed by atoms with Gasteiger partial charge in [-0.1, -0.05) is 18.2 Å². The molecule has 5 nitrogen and oxygen atoms in total. The second kappa shape index (κ2) is 7.65. The smallest absolute Gasteiger partial charge is 0.261 e. The third-order valence-electron chi connectivity index (χ3n) is 4.98. The molecule has 3 aromatic rings. The molecule has 1 N–H and O–H groups in total. The summed E-state index contributed by atoms with van der Waals surface area (Å²) in [5.41, 5.74) is 4.02. The number of amides is 1. The van der Waals surface area contributed by atoms with Crippen LogP contribution in [0.4, 0.5) is 0 Å². The Hall–Kier alpha value is -2.64. The topological polar surface area (TPSA) is 72.5 Å². The number of benzene rings is 2. The molecule has 1 aliphatic heterocycles. The molecular weight excluding hydrogens is 406 g/mol. The minimum absolute atomic E-state index is 0.0660. The van der Waals surface area contributed by atoms with Crippen LogP contribution in [0.25, 0.3) is 11.1 Å². The van der Waals surface area contributed by atoms with E-state index in [1.807, 2.05) is 42.6 Å². The lowest BCUT2D eigenvalue weighted by molar-refractivity contribution is 0.0937. The van der Waals surface area contributed by atoms with Crippen molar-refractivity contribution in [3.63, 3.8) is 0 Å². The van der Waals surface area contributed by atoms with Crippen molar-refractivity contribution in [3.8, 4) is 16.9 Å². The zero-order valence-corrected chi connectivity index (χ0v) is 17.8. The first-order chi connectivity index (χ1) is 13.8. The number of aryl methyl sites for hydroxylation is 1. The van der Waals surface area contributed by atoms with Gasteiger partial charge < -0.3 is 10.1 Å². The van der Waals surface area contributed by atoms with Crippen LogP contribution in [-0.4, -0.2) is 33.2 Å². The average molecular weight is 428 g/mol. The lowest BCUT2D eigenvalue weighted by atomic mass is 10.0. The Labute approximate surface area is 174 Å². The van der Waals surface area contributed by atoms with Gasteiger partial charge in [0, 0.05) is 12.7 Å². The highest BCUT2D eigenvalue weighted by Gasteiger charge is 2.24. The minimum atomic E-state index is -3.20. The van der Waals surface area contributed by atoms with E-state index in [0.29, 0.717) is 17.9 Å².